The fourth-order valence-electron chi connectivity index (χ4n) is 3.14. The Bertz CT molecular complexity index is 1060. The van der Waals surface area contributed by atoms with Crippen molar-refractivity contribution in [3.63, 3.8) is 0 Å². The van der Waals surface area contributed by atoms with Crippen LogP contribution in [-0.4, -0.2) is 4.57 Å². The topological polar surface area (TPSA) is 4.93 Å². The first-order chi connectivity index (χ1) is 12.5. The van der Waals surface area contributed by atoms with E-state index in [1.54, 1.807) is 0 Å². The van der Waals surface area contributed by atoms with Crippen molar-refractivity contribution < 1.29 is 0 Å². The number of benzene rings is 1. The minimum absolute atomic E-state index is 0.776. The van der Waals surface area contributed by atoms with Gasteiger partial charge >= 0.3 is 0 Å². The van der Waals surface area contributed by atoms with Crippen molar-refractivity contribution in [3.05, 3.63) is 93.5 Å². The number of aromatic nitrogens is 1. The van der Waals surface area contributed by atoms with Gasteiger partial charge in [-0.2, -0.15) is 0 Å². The zero-order valence-electron chi connectivity index (χ0n) is 16.3. The third kappa shape index (κ3) is 4.64. The minimum Gasteiger partial charge on any atom is -0.340 e. The van der Waals surface area contributed by atoms with Gasteiger partial charge in [0.1, 0.15) is 0 Å². The highest BCUT2D eigenvalue weighted by Gasteiger charge is 2.07. The van der Waals surface area contributed by atoms with E-state index < -0.39 is 0 Å². The lowest BCUT2D eigenvalue weighted by atomic mass is 10.1. The quantitative estimate of drug-likeness (QED) is 0.710. The summed E-state index contributed by atoms with van der Waals surface area (Å²) >= 11 is 0. The van der Waals surface area contributed by atoms with E-state index in [-0.39, 0.29) is 0 Å². The van der Waals surface area contributed by atoms with E-state index in [0.29, 0.717) is 0 Å². The molecule has 0 atom stereocenters. The van der Waals surface area contributed by atoms with Crippen molar-refractivity contribution in [2.24, 2.45) is 0 Å². The lowest BCUT2D eigenvalue weighted by molar-refractivity contribution is 0.761. The van der Waals surface area contributed by atoms with E-state index in [9.17, 15) is 0 Å². The van der Waals surface area contributed by atoms with Gasteiger partial charge in [-0.05, 0) is 54.1 Å². The van der Waals surface area contributed by atoms with Crippen LogP contribution >= 0.6 is 0 Å². The maximum absolute atomic E-state index is 4.25. The molecule has 0 fully saturated rings. The molecule has 0 aliphatic rings. The lowest BCUT2D eigenvalue weighted by Gasteiger charge is -2.12. The Hall–Kier alpha value is -2.80. The van der Waals surface area contributed by atoms with Gasteiger partial charge in [-0.1, -0.05) is 73.9 Å². The average Bonchev–Trinajstić information content (AvgIpc) is 2.87. The molecule has 0 saturated carbocycles. The summed E-state index contributed by atoms with van der Waals surface area (Å²) in [5.74, 6) is 0. The molecule has 0 amide bonds. The predicted octanol–water partition coefficient (Wildman–Crippen LogP) is 3.21. The summed E-state index contributed by atoms with van der Waals surface area (Å²) < 4.78 is 2.35. The number of nitrogens with zero attached hydrogens (tertiary/aromatic N) is 1. The molecule has 1 nitrogen and oxygen atoms in total. The van der Waals surface area contributed by atoms with Crippen LogP contribution in [0.4, 0.5) is 0 Å². The molecule has 26 heavy (non-hydrogen) atoms. The first-order valence-electron chi connectivity index (χ1n) is 9.02. The summed E-state index contributed by atoms with van der Waals surface area (Å²) in [7, 11) is 0. The van der Waals surface area contributed by atoms with Gasteiger partial charge in [0.2, 0.25) is 0 Å². The van der Waals surface area contributed by atoms with Crippen LogP contribution in [0.2, 0.25) is 0 Å². The standard InChI is InChI=1S/C25H29N/c1-7-9-15-25-21(6)17-23(16-19(3)4)26(25)18-22(12-8-2)24-14-11-10-13-20(24)5/h7-15,17H,3,5-6,16,18H2,1-2,4H3/b9-7-,12-8-,24-22+,25-15+. The van der Waals surface area contributed by atoms with Crippen LogP contribution in [-0.2, 0) is 13.0 Å². The summed E-state index contributed by atoms with van der Waals surface area (Å²) in [4.78, 5) is 0. The number of hydrogen-bond acceptors (Lipinski definition) is 0. The normalized spacial score (nSPS) is 13.7. The van der Waals surface area contributed by atoms with Gasteiger partial charge in [-0.15, -0.1) is 0 Å². The summed E-state index contributed by atoms with van der Waals surface area (Å²) in [6, 6.07) is 10.5. The number of rotatable bonds is 6. The Labute approximate surface area is 157 Å². The molecule has 0 bridgehead atoms. The molecule has 0 N–H and O–H groups in total. The summed E-state index contributed by atoms with van der Waals surface area (Å²) in [6.45, 7) is 19.5. The Morgan fingerprint density at radius 2 is 1.81 bits per heavy atom. The largest absolute Gasteiger partial charge is 0.340 e. The number of hydrogen-bond donors (Lipinski definition) is 0. The second kappa shape index (κ2) is 9.05. The fraction of sp³-hybridized carbons (Fsp3) is 0.200. The zero-order valence-corrected chi connectivity index (χ0v) is 16.3. The van der Waals surface area contributed by atoms with Crippen LogP contribution in [0.15, 0.2) is 66.8 Å². The second-order valence-corrected chi connectivity index (χ2v) is 6.64. The van der Waals surface area contributed by atoms with Gasteiger partial charge < -0.3 is 4.57 Å². The highest BCUT2D eigenvalue weighted by atomic mass is 15.0. The molecule has 1 heterocycles. The van der Waals surface area contributed by atoms with Crippen LogP contribution < -0.4 is 21.0 Å². The third-order valence-corrected chi connectivity index (χ3v) is 4.30. The third-order valence-electron chi connectivity index (χ3n) is 4.30. The van der Waals surface area contributed by atoms with Crippen molar-refractivity contribution in [3.8, 4) is 0 Å². The number of allylic oxidation sites excluding steroid dienone is 5. The summed E-state index contributed by atoms with van der Waals surface area (Å²) in [5, 5.41) is 4.41. The van der Waals surface area contributed by atoms with Crippen molar-refractivity contribution in [2.45, 2.75) is 33.7 Å². The van der Waals surface area contributed by atoms with E-state index in [1.807, 2.05) is 19.1 Å². The zero-order chi connectivity index (χ0) is 19.1. The SMILES string of the molecule is C=C(C)Cc1cc(=C)/c(=C\C=C/C)n1CC(/C=C\C)=c1\ccccc1=C. The molecule has 0 saturated heterocycles. The van der Waals surface area contributed by atoms with Crippen molar-refractivity contribution in [2.75, 3.05) is 0 Å². The lowest BCUT2D eigenvalue weighted by Crippen LogP contribution is -2.32. The highest BCUT2D eigenvalue weighted by Crippen LogP contribution is 2.07. The predicted molar refractivity (Wildman–Crippen MR) is 116 cm³/mol. The maximum Gasteiger partial charge on any atom is 0.0484 e. The van der Waals surface area contributed by atoms with Crippen LogP contribution in [0.25, 0.3) is 24.8 Å². The molecule has 1 aromatic heterocycles. The van der Waals surface area contributed by atoms with Gasteiger partial charge in [0.25, 0.3) is 0 Å². The first-order valence-corrected chi connectivity index (χ1v) is 9.02. The van der Waals surface area contributed by atoms with Crippen molar-refractivity contribution >= 4 is 24.8 Å². The highest BCUT2D eigenvalue weighted by molar-refractivity contribution is 5.57. The molecule has 0 spiro atoms. The molecular formula is C25H29N. The molecule has 0 radical (unpaired) electrons. The molecule has 2 aromatic rings. The summed E-state index contributed by atoms with van der Waals surface area (Å²) in [5.41, 5.74) is 3.63. The molecular weight excluding hydrogens is 314 g/mol. The molecule has 2 rings (SSSR count). The molecule has 0 unspecified atom stereocenters. The van der Waals surface area contributed by atoms with Crippen LogP contribution in [0.3, 0.4) is 0 Å². The van der Waals surface area contributed by atoms with Gasteiger partial charge in [0.15, 0.2) is 0 Å². The molecule has 1 heteroatoms. The monoisotopic (exact) mass is 343 g/mol. The first kappa shape index (κ1) is 19.5. The molecule has 0 aliphatic heterocycles. The Morgan fingerprint density at radius 3 is 2.42 bits per heavy atom. The Kier molecular flexibility index (Phi) is 6.80. The van der Waals surface area contributed by atoms with Crippen LogP contribution in [0.1, 0.15) is 26.5 Å². The van der Waals surface area contributed by atoms with E-state index in [1.165, 1.54) is 16.5 Å². The Morgan fingerprint density at radius 1 is 1.08 bits per heavy atom. The van der Waals surface area contributed by atoms with Crippen LogP contribution in [0.5, 0.6) is 0 Å². The van der Waals surface area contributed by atoms with Crippen molar-refractivity contribution in [1.29, 1.82) is 0 Å². The Balaban J connectivity index is 2.76. The van der Waals surface area contributed by atoms with Crippen LogP contribution in [0, 0.1) is 0 Å². The van der Waals surface area contributed by atoms with Gasteiger partial charge in [-0.3, -0.25) is 0 Å². The van der Waals surface area contributed by atoms with Gasteiger partial charge in [-0.25, -0.2) is 0 Å². The van der Waals surface area contributed by atoms with E-state index in [4.69, 9.17) is 0 Å². The molecule has 0 aliphatic carbocycles. The van der Waals surface area contributed by atoms with E-state index >= 15 is 0 Å². The van der Waals surface area contributed by atoms with Gasteiger partial charge in [0.05, 0.1) is 0 Å². The molecule has 1 aromatic carbocycles. The smallest absolute Gasteiger partial charge is 0.0484 e. The maximum atomic E-state index is 4.25. The fourth-order valence-corrected chi connectivity index (χ4v) is 3.14. The average molecular weight is 344 g/mol. The van der Waals surface area contributed by atoms with Gasteiger partial charge in [0, 0.05) is 24.0 Å². The summed E-state index contributed by atoms with van der Waals surface area (Å²) in [6.07, 6.45) is 11.3. The molecule has 134 valence electrons. The minimum atomic E-state index is 0.776. The van der Waals surface area contributed by atoms with E-state index in [0.717, 1.165) is 34.3 Å². The second-order valence-electron chi connectivity index (χ2n) is 6.64. The van der Waals surface area contributed by atoms with Crippen molar-refractivity contribution in [1.82, 2.24) is 4.57 Å². The van der Waals surface area contributed by atoms with E-state index in [2.05, 4.69) is 86.7 Å².